The highest BCUT2D eigenvalue weighted by Crippen LogP contribution is 2.35. The van der Waals surface area contributed by atoms with E-state index in [2.05, 4.69) is 10.3 Å². The first-order valence-corrected chi connectivity index (χ1v) is 8.51. The molecule has 0 saturated carbocycles. The van der Waals surface area contributed by atoms with Crippen LogP contribution in [0.2, 0.25) is 5.15 Å². The van der Waals surface area contributed by atoms with Crippen molar-refractivity contribution in [3.8, 4) is 17.2 Å². The highest BCUT2D eigenvalue weighted by atomic mass is 35.5. The molecule has 5 nitrogen and oxygen atoms in total. The van der Waals surface area contributed by atoms with E-state index in [9.17, 15) is 4.79 Å². The van der Waals surface area contributed by atoms with Crippen LogP contribution < -0.4 is 14.8 Å². The average molecular weight is 371 g/mol. The van der Waals surface area contributed by atoms with Gasteiger partial charge < -0.3 is 14.8 Å². The molecular formula is C20H19ClN2O3. The number of ether oxygens (including phenoxy) is 2. The fourth-order valence-electron chi connectivity index (χ4n) is 2.43. The van der Waals surface area contributed by atoms with Gasteiger partial charge in [0.2, 0.25) is 0 Å². The molecule has 1 N–H and O–H groups in total. The fraction of sp³-hybridized carbons (Fsp3) is 0.200. The van der Waals surface area contributed by atoms with E-state index in [1.807, 2.05) is 45.0 Å². The number of amides is 1. The van der Waals surface area contributed by atoms with Gasteiger partial charge in [0.25, 0.3) is 0 Å². The van der Waals surface area contributed by atoms with Crippen molar-refractivity contribution in [3.05, 3.63) is 59.9 Å². The summed E-state index contributed by atoms with van der Waals surface area (Å²) in [5, 5.41) is 4.72. The number of rotatable bonds is 3. The maximum Gasteiger partial charge on any atom is 0.413 e. The molecule has 6 heteroatoms. The standard InChI is InChI=1S/C20H19ClN2O3/c1-20(2,3)23-19(24)26-17-9-8-16(14-6-4-5-7-15(14)17)25-13-10-11-22-18(21)12-13/h4-12H,1-3H3,(H,23,24). The van der Waals surface area contributed by atoms with Crippen LogP contribution in [0.1, 0.15) is 20.8 Å². The summed E-state index contributed by atoms with van der Waals surface area (Å²) in [7, 11) is 0. The highest BCUT2D eigenvalue weighted by molar-refractivity contribution is 6.29. The second-order valence-electron chi connectivity index (χ2n) is 6.79. The van der Waals surface area contributed by atoms with E-state index in [0.717, 1.165) is 10.8 Å². The third-order valence-corrected chi connectivity index (χ3v) is 3.66. The number of carbonyl (C=O) groups is 1. The zero-order valence-corrected chi connectivity index (χ0v) is 15.5. The largest absolute Gasteiger partial charge is 0.457 e. The number of benzene rings is 2. The first kappa shape index (κ1) is 18.0. The molecule has 134 valence electrons. The lowest BCUT2D eigenvalue weighted by Crippen LogP contribution is -2.42. The third-order valence-electron chi connectivity index (χ3n) is 3.45. The number of aromatic nitrogens is 1. The van der Waals surface area contributed by atoms with Crippen LogP contribution in [0.15, 0.2) is 54.7 Å². The molecule has 26 heavy (non-hydrogen) atoms. The van der Waals surface area contributed by atoms with Crippen molar-refractivity contribution in [3.63, 3.8) is 0 Å². The number of nitrogens with one attached hydrogen (secondary N) is 1. The molecule has 0 aliphatic carbocycles. The van der Waals surface area contributed by atoms with E-state index in [1.54, 1.807) is 30.5 Å². The van der Waals surface area contributed by atoms with E-state index in [1.165, 1.54) is 0 Å². The van der Waals surface area contributed by atoms with E-state index < -0.39 is 6.09 Å². The minimum atomic E-state index is -0.503. The minimum Gasteiger partial charge on any atom is -0.457 e. The first-order valence-electron chi connectivity index (χ1n) is 8.13. The van der Waals surface area contributed by atoms with Gasteiger partial charge in [0, 0.05) is 28.6 Å². The van der Waals surface area contributed by atoms with E-state index in [-0.39, 0.29) is 5.54 Å². The number of fused-ring (bicyclic) bond motifs is 1. The van der Waals surface area contributed by atoms with E-state index in [4.69, 9.17) is 21.1 Å². The van der Waals surface area contributed by atoms with Crippen molar-refractivity contribution in [2.45, 2.75) is 26.3 Å². The second-order valence-corrected chi connectivity index (χ2v) is 7.18. The smallest absolute Gasteiger partial charge is 0.413 e. The Kier molecular flexibility index (Phi) is 5.00. The molecule has 1 heterocycles. The molecule has 0 fully saturated rings. The Balaban J connectivity index is 1.93. The average Bonchev–Trinajstić information content (AvgIpc) is 2.55. The number of nitrogens with zero attached hydrogens (tertiary/aromatic N) is 1. The van der Waals surface area contributed by atoms with Gasteiger partial charge in [-0.1, -0.05) is 35.9 Å². The van der Waals surface area contributed by atoms with Crippen LogP contribution in [0.3, 0.4) is 0 Å². The van der Waals surface area contributed by atoms with Crippen molar-refractivity contribution >= 4 is 28.5 Å². The maximum atomic E-state index is 12.1. The van der Waals surface area contributed by atoms with Crippen LogP contribution in [-0.4, -0.2) is 16.6 Å². The predicted octanol–water partition coefficient (Wildman–Crippen LogP) is 5.57. The Bertz CT molecular complexity index is 951. The van der Waals surface area contributed by atoms with Crippen molar-refractivity contribution in [2.75, 3.05) is 0 Å². The number of hydrogen-bond acceptors (Lipinski definition) is 4. The summed E-state index contributed by atoms with van der Waals surface area (Å²) in [5.41, 5.74) is -0.378. The van der Waals surface area contributed by atoms with Crippen molar-refractivity contribution in [1.82, 2.24) is 10.3 Å². The summed E-state index contributed by atoms with van der Waals surface area (Å²) < 4.78 is 11.4. The quantitative estimate of drug-likeness (QED) is 0.612. The monoisotopic (exact) mass is 370 g/mol. The lowest BCUT2D eigenvalue weighted by atomic mass is 10.1. The molecule has 0 unspecified atom stereocenters. The Morgan fingerprint density at radius 3 is 2.35 bits per heavy atom. The molecule has 0 atom stereocenters. The molecule has 0 radical (unpaired) electrons. The van der Waals surface area contributed by atoms with Gasteiger partial charge in [0.05, 0.1) is 0 Å². The van der Waals surface area contributed by atoms with Crippen molar-refractivity contribution < 1.29 is 14.3 Å². The number of halogens is 1. The molecule has 2 aromatic carbocycles. The third kappa shape index (κ3) is 4.43. The van der Waals surface area contributed by atoms with Gasteiger partial charge in [0.1, 0.15) is 22.4 Å². The number of hydrogen-bond donors (Lipinski definition) is 1. The zero-order chi connectivity index (χ0) is 18.7. The van der Waals surface area contributed by atoms with Gasteiger partial charge in [-0.15, -0.1) is 0 Å². The van der Waals surface area contributed by atoms with Gasteiger partial charge in [-0.25, -0.2) is 9.78 Å². The van der Waals surface area contributed by atoms with Gasteiger partial charge in [-0.3, -0.25) is 0 Å². The molecule has 0 saturated heterocycles. The normalized spacial score (nSPS) is 11.2. The van der Waals surface area contributed by atoms with Crippen molar-refractivity contribution in [2.24, 2.45) is 0 Å². The fourth-order valence-corrected chi connectivity index (χ4v) is 2.59. The Morgan fingerprint density at radius 1 is 1.04 bits per heavy atom. The maximum absolute atomic E-state index is 12.1. The van der Waals surface area contributed by atoms with Gasteiger partial charge >= 0.3 is 6.09 Å². The lowest BCUT2D eigenvalue weighted by molar-refractivity contribution is 0.191. The summed E-state index contributed by atoms with van der Waals surface area (Å²) >= 11 is 5.91. The Hall–Kier alpha value is -2.79. The van der Waals surface area contributed by atoms with Gasteiger partial charge in [-0.05, 0) is 39.0 Å². The molecule has 0 aliphatic rings. The number of pyridine rings is 1. The van der Waals surface area contributed by atoms with Crippen molar-refractivity contribution in [1.29, 1.82) is 0 Å². The SMILES string of the molecule is CC(C)(C)NC(=O)Oc1ccc(Oc2ccnc(Cl)c2)c2ccccc12. The van der Waals surface area contributed by atoms with Crippen LogP contribution >= 0.6 is 11.6 Å². The minimum absolute atomic E-state index is 0.352. The van der Waals surface area contributed by atoms with Crippen LogP contribution in [-0.2, 0) is 0 Å². The van der Waals surface area contributed by atoms with Gasteiger partial charge in [0.15, 0.2) is 0 Å². The zero-order valence-electron chi connectivity index (χ0n) is 14.7. The second kappa shape index (κ2) is 7.22. The molecule has 0 bridgehead atoms. The lowest BCUT2D eigenvalue weighted by Gasteiger charge is -2.20. The van der Waals surface area contributed by atoms with E-state index >= 15 is 0 Å². The summed E-state index contributed by atoms with van der Waals surface area (Å²) in [5.74, 6) is 1.67. The molecule has 1 amide bonds. The molecular weight excluding hydrogens is 352 g/mol. The van der Waals surface area contributed by atoms with Gasteiger partial charge in [-0.2, -0.15) is 0 Å². The van der Waals surface area contributed by atoms with E-state index in [0.29, 0.717) is 22.4 Å². The molecule has 3 rings (SSSR count). The Morgan fingerprint density at radius 2 is 1.69 bits per heavy atom. The molecule has 0 spiro atoms. The molecule has 0 aliphatic heterocycles. The van der Waals surface area contributed by atoms with Crippen LogP contribution in [0, 0.1) is 0 Å². The first-order chi connectivity index (χ1) is 12.3. The Labute approximate surface area is 156 Å². The summed E-state index contributed by atoms with van der Waals surface area (Å²) in [4.78, 5) is 16.0. The molecule has 1 aromatic heterocycles. The molecule has 3 aromatic rings. The summed E-state index contributed by atoms with van der Waals surface area (Å²) in [6.07, 6.45) is 1.07. The van der Waals surface area contributed by atoms with Crippen LogP contribution in [0.5, 0.6) is 17.2 Å². The highest BCUT2D eigenvalue weighted by Gasteiger charge is 2.17. The van der Waals surface area contributed by atoms with Crippen LogP contribution in [0.25, 0.3) is 10.8 Å². The topological polar surface area (TPSA) is 60.5 Å². The summed E-state index contributed by atoms with van der Waals surface area (Å²) in [6.45, 7) is 5.68. The number of carbonyl (C=O) groups excluding carboxylic acids is 1. The summed E-state index contributed by atoms with van der Waals surface area (Å²) in [6, 6.07) is 14.4. The van der Waals surface area contributed by atoms with Crippen LogP contribution in [0.4, 0.5) is 4.79 Å². The predicted molar refractivity (Wildman–Crippen MR) is 102 cm³/mol.